The number of phenolic OH excluding ortho intramolecular Hbond substituents is 1. The normalized spacial score (nSPS) is 15.8. The van der Waals surface area contributed by atoms with Gasteiger partial charge in [0.25, 0.3) is 5.56 Å². The number of hydrogen-bond acceptors (Lipinski definition) is 6. The van der Waals surface area contributed by atoms with Crippen molar-refractivity contribution in [2.24, 2.45) is 10.2 Å². The Balaban J connectivity index is 1.50. The quantitative estimate of drug-likeness (QED) is 0.248. The standard InChI is InChI=1S/C28H28N4O4S/c1-15-23(30-29-21-8-6-7-18(24(21)33)16-11-22(26(35)36)37-13-16)25(34)32(31-15)17-9-10-19-20(12-17)28(4,5)14-27(19,2)3/h6-13,31,33H,14H2,1-5H3,(H,35,36). The van der Waals surface area contributed by atoms with E-state index in [2.05, 4.69) is 55.2 Å². The van der Waals surface area contributed by atoms with E-state index in [0.29, 0.717) is 16.8 Å². The number of nitrogens with zero attached hydrogens (tertiary/aromatic N) is 3. The molecule has 8 nitrogen and oxygen atoms in total. The third-order valence-electron chi connectivity index (χ3n) is 7.04. The number of thiophene rings is 1. The fraction of sp³-hybridized carbons (Fsp3) is 0.286. The Bertz CT molecular complexity index is 1640. The predicted octanol–water partition coefficient (Wildman–Crippen LogP) is 6.98. The number of benzene rings is 2. The van der Waals surface area contributed by atoms with Gasteiger partial charge < -0.3 is 10.2 Å². The lowest BCUT2D eigenvalue weighted by Crippen LogP contribution is -2.18. The lowest BCUT2D eigenvalue weighted by Gasteiger charge is -2.22. The number of aryl methyl sites for hydroxylation is 1. The molecule has 0 aliphatic heterocycles. The molecule has 4 aromatic rings. The van der Waals surface area contributed by atoms with Crippen LogP contribution >= 0.6 is 11.3 Å². The van der Waals surface area contributed by atoms with E-state index < -0.39 is 5.97 Å². The summed E-state index contributed by atoms with van der Waals surface area (Å²) in [5.41, 5.74) is 4.88. The number of aromatic hydroxyl groups is 1. The summed E-state index contributed by atoms with van der Waals surface area (Å²) in [6.07, 6.45) is 1.03. The van der Waals surface area contributed by atoms with E-state index in [1.54, 1.807) is 30.5 Å². The number of carboxylic acids is 1. The monoisotopic (exact) mass is 516 g/mol. The first-order valence-corrected chi connectivity index (χ1v) is 12.8. The number of carbonyl (C=O) groups is 1. The molecule has 2 aromatic carbocycles. The lowest BCUT2D eigenvalue weighted by molar-refractivity contribution is 0.0702. The summed E-state index contributed by atoms with van der Waals surface area (Å²) in [5.74, 6) is -1.17. The van der Waals surface area contributed by atoms with Gasteiger partial charge in [-0.25, -0.2) is 9.48 Å². The van der Waals surface area contributed by atoms with Crippen molar-refractivity contribution in [3.8, 4) is 22.6 Å². The molecule has 37 heavy (non-hydrogen) atoms. The van der Waals surface area contributed by atoms with Crippen LogP contribution < -0.4 is 5.56 Å². The molecule has 9 heteroatoms. The molecule has 2 aromatic heterocycles. The number of fused-ring (bicyclic) bond motifs is 1. The van der Waals surface area contributed by atoms with Crippen molar-refractivity contribution in [2.75, 3.05) is 0 Å². The van der Waals surface area contributed by atoms with Crippen molar-refractivity contribution >= 4 is 28.7 Å². The van der Waals surface area contributed by atoms with Gasteiger partial charge in [-0.15, -0.1) is 21.6 Å². The van der Waals surface area contributed by atoms with Crippen molar-refractivity contribution in [1.82, 2.24) is 9.78 Å². The zero-order valence-corrected chi connectivity index (χ0v) is 22.1. The van der Waals surface area contributed by atoms with E-state index in [4.69, 9.17) is 0 Å². The van der Waals surface area contributed by atoms with Crippen molar-refractivity contribution in [1.29, 1.82) is 0 Å². The smallest absolute Gasteiger partial charge is 0.345 e. The highest BCUT2D eigenvalue weighted by Crippen LogP contribution is 2.49. The van der Waals surface area contributed by atoms with Crippen LogP contribution in [0, 0.1) is 6.92 Å². The average molecular weight is 517 g/mol. The highest BCUT2D eigenvalue weighted by molar-refractivity contribution is 7.12. The van der Waals surface area contributed by atoms with E-state index in [1.165, 1.54) is 21.9 Å². The number of rotatable bonds is 5. The minimum atomic E-state index is -1.03. The molecular weight excluding hydrogens is 488 g/mol. The Hall–Kier alpha value is -3.98. The molecule has 190 valence electrons. The van der Waals surface area contributed by atoms with E-state index >= 15 is 0 Å². The minimum absolute atomic E-state index is 0.00114. The summed E-state index contributed by atoms with van der Waals surface area (Å²) in [4.78, 5) is 24.7. The predicted molar refractivity (Wildman–Crippen MR) is 144 cm³/mol. The van der Waals surface area contributed by atoms with Gasteiger partial charge in [0.15, 0.2) is 11.4 Å². The van der Waals surface area contributed by atoms with Crippen molar-refractivity contribution in [3.63, 3.8) is 0 Å². The number of H-pyrrole nitrogens is 1. The lowest BCUT2D eigenvalue weighted by atomic mass is 9.82. The van der Waals surface area contributed by atoms with E-state index in [9.17, 15) is 19.8 Å². The first kappa shape index (κ1) is 24.7. The zero-order chi connectivity index (χ0) is 26.7. The second-order valence-electron chi connectivity index (χ2n) is 10.8. The molecule has 0 saturated heterocycles. The Morgan fingerprint density at radius 3 is 2.49 bits per heavy atom. The van der Waals surface area contributed by atoms with Gasteiger partial charge in [0, 0.05) is 5.56 Å². The zero-order valence-electron chi connectivity index (χ0n) is 21.3. The summed E-state index contributed by atoms with van der Waals surface area (Å²) < 4.78 is 1.47. The topological polar surface area (TPSA) is 120 Å². The highest BCUT2D eigenvalue weighted by atomic mass is 32.1. The first-order chi connectivity index (χ1) is 17.4. The number of nitrogens with one attached hydrogen (secondary N) is 1. The molecule has 0 atom stereocenters. The second-order valence-corrected chi connectivity index (χ2v) is 11.7. The number of carboxylic acid groups (broad SMARTS) is 1. The van der Waals surface area contributed by atoms with E-state index in [0.717, 1.165) is 23.4 Å². The molecule has 0 fully saturated rings. The van der Waals surface area contributed by atoms with Gasteiger partial charge in [-0.2, -0.15) is 0 Å². The molecule has 1 aliphatic rings. The number of azo groups is 1. The third kappa shape index (κ3) is 4.19. The van der Waals surface area contributed by atoms with Crippen molar-refractivity contribution < 1.29 is 15.0 Å². The van der Waals surface area contributed by atoms with Crippen LogP contribution in [-0.2, 0) is 10.8 Å². The molecule has 0 bridgehead atoms. The van der Waals surface area contributed by atoms with Gasteiger partial charge in [-0.1, -0.05) is 45.9 Å². The number of aromatic carboxylic acids is 1. The maximum atomic E-state index is 13.3. The Morgan fingerprint density at radius 2 is 1.78 bits per heavy atom. The van der Waals surface area contributed by atoms with E-state index in [1.807, 2.05) is 6.07 Å². The fourth-order valence-electron chi connectivity index (χ4n) is 5.49. The summed E-state index contributed by atoms with van der Waals surface area (Å²) in [5, 5.41) is 33.1. The summed E-state index contributed by atoms with van der Waals surface area (Å²) >= 11 is 1.08. The third-order valence-corrected chi connectivity index (χ3v) is 7.96. The maximum Gasteiger partial charge on any atom is 0.345 e. The van der Waals surface area contributed by atoms with Crippen LogP contribution in [0.2, 0.25) is 0 Å². The van der Waals surface area contributed by atoms with Gasteiger partial charge in [0.2, 0.25) is 0 Å². The Kier molecular flexibility index (Phi) is 5.71. The van der Waals surface area contributed by atoms with Gasteiger partial charge in [0.1, 0.15) is 10.6 Å². The van der Waals surface area contributed by atoms with Crippen LogP contribution in [0.15, 0.2) is 62.9 Å². The van der Waals surface area contributed by atoms with Crippen LogP contribution in [0.25, 0.3) is 16.8 Å². The van der Waals surface area contributed by atoms with Gasteiger partial charge in [-0.05, 0) is 70.5 Å². The Morgan fingerprint density at radius 1 is 1.05 bits per heavy atom. The largest absolute Gasteiger partial charge is 0.505 e. The molecular formula is C28H28N4O4S. The number of hydrogen-bond donors (Lipinski definition) is 3. The molecule has 2 heterocycles. The van der Waals surface area contributed by atoms with Gasteiger partial charge in [0.05, 0.1) is 11.4 Å². The van der Waals surface area contributed by atoms with Crippen LogP contribution in [0.3, 0.4) is 0 Å². The molecule has 3 N–H and O–H groups in total. The van der Waals surface area contributed by atoms with Crippen molar-refractivity contribution in [3.05, 3.63) is 79.9 Å². The number of aromatic nitrogens is 2. The van der Waals surface area contributed by atoms with Crippen LogP contribution in [0.4, 0.5) is 11.4 Å². The summed E-state index contributed by atoms with van der Waals surface area (Å²) in [6.45, 7) is 10.7. The highest BCUT2D eigenvalue weighted by Gasteiger charge is 2.41. The number of para-hydroxylation sites is 1. The Labute approximate surface area is 217 Å². The second kappa shape index (κ2) is 8.55. The van der Waals surface area contributed by atoms with Crippen LogP contribution in [0.5, 0.6) is 5.75 Å². The molecule has 1 aliphatic carbocycles. The minimum Gasteiger partial charge on any atom is -0.505 e. The van der Waals surface area contributed by atoms with Gasteiger partial charge in [-0.3, -0.25) is 9.89 Å². The summed E-state index contributed by atoms with van der Waals surface area (Å²) in [7, 11) is 0. The van der Waals surface area contributed by atoms with Crippen LogP contribution in [0.1, 0.15) is 60.6 Å². The summed E-state index contributed by atoms with van der Waals surface area (Å²) in [6, 6.07) is 12.6. The van der Waals surface area contributed by atoms with Crippen LogP contribution in [-0.4, -0.2) is 26.0 Å². The molecule has 0 amide bonds. The number of aromatic amines is 1. The molecule has 0 unspecified atom stereocenters. The molecule has 0 radical (unpaired) electrons. The molecule has 5 rings (SSSR count). The molecule has 0 spiro atoms. The van der Waals surface area contributed by atoms with Gasteiger partial charge >= 0.3 is 5.97 Å². The fourth-order valence-corrected chi connectivity index (χ4v) is 6.24. The average Bonchev–Trinajstić information content (AvgIpc) is 3.47. The van der Waals surface area contributed by atoms with E-state index in [-0.39, 0.29) is 38.4 Å². The molecule has 0 saturated carbocycles. The SMILES string of the molecule is Cc1[nH]n(-c2ccc3c(c2)C(C)(C)CC3(C)C)c(=O)c1N=Nc1cccc(-c2csc(C(=O)O)c2)c1O. The number of phenols is 1. The maximum absolute atomic E-state index is 13.3. The van der Waals surface area contributed by atoms with Crippen molar-refractivity contribution in [2.45, 2.75) is 51.9 Å². The first-order valence-electron chi connectivity index (χ1n) is 11.9.